The van der Waals surface area contributed by atoms with Gasteiger partial charge in [-0.1, -0.05) is 0 Å². The molecule has 1 aliphatic carbocycles. The fourth-order valence-electron chi connectivity index (χ4n) is 2.51. The van der Waals surface area contributed by atoms with E-state index in [9.17, 15) is 4.79 Å². The molecule has 70 valence electrons. The third-order valence-electron chi connectivity index (χ3n) is 3.32. The molecule has 2 fully saturated rings. The largest absolute Gasteiger partial charge is 0.310 e. The van der Waals surface area contributed by atoms with Crippen molar-refractivity contribution in [2.75, 3.05) is 13.1 Å². The fraction of sp³-hybridized carbons (Fsp3) is 0.800. The first-order valence-electron chi connectivity index (χ1n) is 4.96. The van der Waals surface area contributed by atoms with Crippen LogP contribution in [0.15, 0.2) is 0 Å². The third kappa shape index (κ3) is 1.67. The standard InChI is InChI=1S/C10H14N2O/c11-7-12-4-3-8-5-10(13)2-1-9(8)6-12/h8-9H,1-6H2/t8-,9+/m1/s1. The van der Waals surface area contributed by atoms with E-state index in [1.165, 1.54) is 0 Å². The van der Waals surface area contributed by atoms with Crippen LogP contribution >= 0.6 is 0 Å². The maximum atomic E-state index is 11.2. The van der Waals surface area contributed by atoms with Crippen LogP contribution in [0.2, 0.25) is 0 Å². The fourth-order valence-corrected chi connectivity index (χ4v) is 2.51. The average Bonchev–Trinajstić information content (AvgIpc) is 2.17. The molecule has 1 saturated heterocycles. The van der Waals surface area contributed by atoms with Crippen molar-refractivity contribution in [1.29, 1.82) is 5.26 Å². The van der Waals surface area contributed by atoms with E-state index in [1.54, 1.807) is 0 Å². The molecule has 1 saturated carbocycles. The first-order valence-corrected chi connectivity index (χ1v) is 4.96. The van der Waals surface area contributed by atoms with E-state index in [0.29, 0.717) is 17.6 Å². The van der Waals surface area contributed by atoms with Gasteiger partial charge in [0.25, 0.3) is 0 Å². The van der Waals surface area contributed by atoms with Gasteiger partial charge in [0, 0.05) is 25.9 Å². The predicted molar refractivity (Wildman–Crippen MR) is 47.6 cm³/mol. The summed E-state index contributed by atoms with van der Waals surface area (Å²) in [5.74, 6) is 1.60. The van der Waals surface area contributed by atoms with E-state index in [4.69, 9.17) is 5.26 Å². The second kappa shape index (κ2) is 3.37. The molecule has 1 heterocycles. The van der Waals surface area contributed by atoms with Crippen molar-refractivity contribution in [2.45, 2.75) is 25.7 Å². The maximum absolute atomic E-state index is 11.2. The van der Waals surface area contributed by atoms with Gasteiger partial charge in [0.05, 0.1) is 0 Å². The molecular weight excluding hydrogens is 164 g/mol. The van der Waals surface area contributed by atoms with Gasteiger partial charge in [0.15, 0.2) is 6.19 Å². The number of piperidine rings is 1. The molecule has 2 aliphatic rings. The number of ketones is 1. The van der Waals surface area contributed by atoms with Crippen molar-refractivity contribution < 1.29 is 4.79 Å². The molecule has 0 aromatic heterocycles. The lowest BCUT2D eigenvalue weighted by Gasteiger charge is -2.38. The first-order chi connectivity index (χ1) is 6.29. The SMILES string of the molecule is N#CN1CC[C@@H]2CC(=O)CC[C@H]2C1. The summed E-state index contributed by atoms with van der Waals surface area (Å²) in [7, 11) is 0. The number of nitrogens with zero attached hydrogens (tertiary/aromatic N) is 2. The van der Waals surface area contributed by atoms with Crippen LogP contribution in [0.3, 0.4) is 0 Å². The van der Waals surface area contributed by atoms with Crippen LogP contribution in [0.25, 0.3) is 0 Å². The summed E-state index contributed by atoms with van der Waals surface area (Å²) in [6, 6.07) is 0. The Balaban J connectivity index is 1.98. The summed E-state index contributed by atoms with van der Waals surface area (Å²) >= 11 is 0. The number of carbonyl (C=O) groups is 1. The molecule has 0 aromatic rings. The highest BCUT2D eigenvalue weighted by Crippen LogP contribution is 2.34. The molecule has 2 rings (SSSR count). The minimum Gasteiger partial charge on any atom is -0.310 e. The van der Waals surface area contributed by atoms with Gasteiger partial charge in [-0.05, 0) is 24.7 Å². The summed E-state index contributed by atoms with van der Waals surface area (Å²) in [6.45, 7) is 1.74. The Morgan fingerprint density at radius 3 is 3.00 bits per heavy atom. The maximum Gasteiger partial charge on any atom is 0.179 e. The Kier molecular flexibility index (Phi) is 2.22. The van der Waals surface area contributed by atoms with E-state index >= 15 is 0 Å². The van der Waals surface area contributed by atoms with Gasteiger partial charge >= 0.3 is 0 Å². The number of likely N-dealkylation sites (tertiary alicyclic amines) is 1. The molecule has 3 heteroatoms. The molecule has 0 radical (unpaired) electrons. The Morgan fingerprint density at radius 2 is 2.23 bits per heavy atom. The van der Waals surface area contributed by atoms with Crippen LogP contribution in [-0.4, -0.2) is 23.8 Å². The summed E-state index contributed by atoms with van der Waals surface area (Å²) in [5, 5.41) is 8.74. The van der Waals surface area contributed by atoms with E-state index < -0.39 is 0 Å². The lowest BCUT2D eigenvalue weighted by atomic mass is 9.75. The van der Waals surface area contributed by atoms with Gasteiger partial charge in [0.2, 0.25) is 0 Å². The summed E-state index contributed by atoms with van der Waals surface area (Å²) in [6.07, 6.45) is 5.73. The zero-order chi connectivity index (χ0) is 9.26. The second-order valence-corrected chi connectivity index (χ2v) is 4.14. The first kappa shape index (κ1) is 8.55. The van der Waals surface area contributed by atoms with Gasteiger partial charge in [-0.15, -0.1) is 0 Å². The Morgan fingerprint density at radius 1 is 1.38 bits per heavy atom. The van der Waals surface area contributed by atoms with E-state index in [1.807, 2.05) is 4.90 Å². The molecule has 0 amide bonds. The summed E-state index contributed by atoms with van der Waals surface area (Å²) < 4.78 is 0. The second-order valence-electron chi connectivity index (χ2n) is 4.14. The predicted octanol–water partition coefficient (Wildman–Crippen LogP) is 1.16. The topological polar surface area (TPSA) is 44.1 Å². The smallest absolute Gasteiger partial charge is 0.179 e. The lowest BCUT2D eigenvalue weighted by Crippen LogP contribution is -2.40. The molecule has 0 unspecified atom stereocenters. The van der Waals surface area contributed by atoms with Crippen LogP contribution < -0.4 is 0 Å². The Labute approximate surface area is 78.3 Å². The van der Waals surface area contributed by atoms with E-state index in [0.717, 1.165) is 38.8 Å². The zero-order valence-corrected chi connectivity index (χ0v) is 7.70. The van der Waals surface area contributed by atoms with Crippen molar-refractivity contribution in [3.63, 3.8) is 0 Å². The number of carbonyl (C=O) groups excluding carboxylic acids is 1. The van der Waals surface area contributed by atoms with E-state index in [2.05, 4.69) is 6.19 Å². The summed E-state index contributed by atoms with van der Waals surface area (Å²) in [5.41, 5.74) is 0. The number of Topliss-reactive ketones (excluding diaryl/α,β-unsaturated/α-hetero) is 1. The van der Waals surface area contributed by atoms with Crippen LogP contribution in [0, 0.1) is 23.3 Å². The number of hydrogen-bond donors (Lipinski definition) is 0. The van der Waals surface area contributed by atoms with Gasteiger partial charge in [-0.25, -0.2) is 0 Å². The molecule has 0 bridgehead atoms. The minimum atomic E-state index is 0.423. The lowest BCUT2D eigenvalue weighted by molar-refractivity contribution is -0.123. The zero-order valence-electron chi connectivity index (χ0n) is 7.70. The third-order valence-corrected chi connectivity index (χ3v) is 3.32. The molecule has 3 nitrogen and oxygen atoms in total. The summed E-state index contributed by atoms with van der Waals surface area (Å²) in [4.78, 5) is 13.0. The van der Waals surface area contributed by atoms with Crippen LogP contribution in [-0.2, 0) is 4.79 Å². The molecule has 0 aromatic carbocycles. The molecule has 0 N–H and O–H groups in total. The highest BCUT2D eigenvalue weighted by atomic mass is 16.1. The highest BCUT2D eigenvalue weighted by Gasteiger charge is 2.33. The number of fused-ring (bicyclic) bond motifs is 1. The number of hydrogen-bond acceptors (Lipinski definition) is 3. The van der Waals surface area contributed by atoms with Crippen LogP contribution in [0.4, 0.5) is 0 Å². The number of rotatable bonds is 0. The average molecular weight is 178 g/mol. The molecule has 0 spiro atoms. The van der Waals surface area contributed by atoms with Gasteiger partial charge in [0.1, 0.15) is 5.78 Å². The monoisotopic (exact) mass is 178 g/mol. The van der Waals surface area contributed by atoms with Gasteiger partial charge < -0.3 is 4.90 Å². The van der Waals surface area contributed by atoms with Crippen LogP contribution in [0.1, 0.15) is 25.7 Å². The Bertz CT molecular complexity index is 256. The highest BCUT2D eigenvalue weighted by molar-refractivity contribution is 5.79. The number of nitriles is 1. The van der Waals surface area contributed by atoms with Crippen molar-refractivity contribution in [3.8, 4) is 6.19 Å². The van der Waals surface area contributed by atoms with Crippen molar-refractivity contribution in [1.82, 2.24) is 4.90 Å². The molecule has 13 heavy (non-hydrogen) atoms. The normalized spacial score (nSPS) is 33.8. The van der Waals surface area contributed by atoms with Crippen molar-refractivity contribution in [3.05, 3.63) is 0 Å². The van der Waals surface area contributed by atoms with Crippen molar-refractivity contribution in [2.24, 2.45) is 11.8 Å². The quantitative estimate of drug-likeness (QED) is 0.523. The Hall–Kier alpha value is -1.04. The van der Waals surface area contributed by atoms with E-state index in [-0.39, 0.29) is 0 Å². The van der Waals surface area contributed by atoms with Crippen molar-refractivity contribution >= 4 is 5.78 Å². The molecule has 1 aliphatic heterocycles. The van der Waals surface area contributed by atoms with Crippen LogP contribution in [0.5, 0.6) is 0 Å². The minimum absolute atomic E-state index is 0.423. The van der Waals surface area contributed by atoms with Gasteiger partial charge in [-0.3, -0.25) is 4.79 Å². The molecular formula is C10H14N2O. The molecule has 2 atom stereocenters. The van der Waals surface area contributed by atoms with Gasteiger partial charge in [-0.2, -0.15) is 5.26 Å².